The molecule has 0 bridgehead atoms. The fourth-order valence-corrected chi connectivity index (χ4v) is 2.54. The van der Waals surface area contributed by atoms with Gasteiger partial charge in [-0.25, -0.2) is 9.97 Å². The maximum absolute atomic E-state index is 13.3. The molecule has 0 atom stereocenters. The van der Waals surface area contributed by atoms with Crippen LogP contribution in [-0.4, -0.2) is 34.2 Å². The van der Waals surface area contributed by atoms with Crippen LogP contribution in [0.4, 0.5) is 30.4 Å². The van der Waals surface area contributed by atoms with Gasteiger partial charge in [-0.1, -0.05) is 0 Å². The fourth-order valence-electron chi connectivity index (χ4n) is 2.54. The van der Waals surface area contributed by atoms with Crippen LogP contribution in [0.15, 0.2) is 30.3 Å². The van der Waals surface area contributed by atoms with Crippen LogP contribution < -0.4 is 14.8 Å². The van der Waals surface area contributed by atoms with Crippen molar-refractivity contribution in [1.82, 2.24) is 9.97 Å². The van der Waals surface area contributed by atoms with E-state index in [4.69, 9.17) is 9.47 Å². The summed E-state index contributed by atoms with van der Waals surface area (Å²) in [5.41, 5.74) is -0.696. The highest BCUT2D eigenvalue weighted by Crippen LogP contribution is 2.38. The smallest absolute Gasteiger partial charge is 0.451 e. The summed E-state index contributed by atoms with van der Waals surface area (Å²) in [6, 6.07) is 5.65. The molecule has 2 aromatic carbocycles. The molecule has 0 saturated carbocycles. The van der Waals surface area contributed by atoms with Crippen LogP contribution >= 0.6 is 0 Å². The van der Waals surface area contributed by atoms with E-state index in [-0.39, 0.29) is 39.6 Å². The SMILES string of the molecule is COc1cc2nc(C(F)(F)F)nc(Nc3cc([N+](=O)[O-])ccc3O)c2cc1OC. The molecular weight excluding hydrogens is 397 g/mol. The summed E-state index contributed by atoms with van der Waals surface area (Å²) in [4.78, 5) is 17.3. The lowest BCUT2D eigenvalue weighted by Crippen LogP contribution is -2.13. The van der Waals surface area contributed by atoms with Crippen molar-refractivity contribution in [2.75, 3.05) is 19.5 Å². The van der Waals surface area contributed by atoms with Gasteiger partial charge in [-0.05, 0) is 12.1 Å². The number of methoxy groups -OCH3 is 2. The molecule has 152 valence electrons. The van der Waals surface area contributed by atoms with Crippen molar-refractivity contribution in [1.29, 1.82) is 0 Å². The number of halogens is 3. The molecule has 9 nitrogen and oxygen atoms in total. The Morgan fingerprint density at radius 2 is 1.76 bits per heavy atom. The van der Waals surface area contributed by atoms with Gasteiger partial charge in [0.1, 0.15) is 11.6 Å². The average molecular weight is 410 g/mol. The zero-order chi connectivity index (χ0) is 21.3. The van der Waals surface area contributed by atoms with Gasteiger partial charge in [-0.2, -0.15) is 13.2 Å². The second-order valence-electron chi connectivity index (χ2n) is 5.70. The Hall–Kier alpha value is -3.83. The van der Waals surface area contributed by atoms with E-state index in [0.717, 1.165) is 18.2 Å². The number of aromatic hydroxyl groups is 1. The number of rotatable bonds is 5. The average Bonchev–Trinajstić information content (AvgIpc) is 2.67. The number of alkyl halides is 3. The van der Waals surface area contributed by atoms with E-state index in [0.29, 0.717) is 0 Å². The minimum atomic E-state index is -4.86. The van der Waals surface area contributed by atoms with Crippen LogP contribution in [0, 0.1) is 10.1 Å². The number of phenols is 1. The first-order valence-corrected chi connectivity index (χ1v) is 7.89. The maximum Gasteiger partial charge on any atom is 0.451 e. The lowest BCUT2D eigenvalue weighted by Gasteiger charge is -2.15. The van der Waals surface area contributed by atoms with E-state index >= 15 is 0 Å². The Balaban J connectivity index is 2.25. The summed E-state index contributed by atoms with van der Waals surface area (Å²) in [5, 5.41) is 23.5. The summed E-state index contributed by atoms with van der Waals surface area (Å²) in [6.45, 7) is 0. The summed E-state index contributed by atoms with van der Waals surface area (Å²) >= 11 is 0. The number of hydrogen-bond donors (Lipinski definition) is 2. The van der Waals surface area contributed by atoms with Gasteiger partial charge in [-0.15, -0.1) is 0 Å². The van der Waals surface area contributed by atoms with E-state index in [1.807, 2.05) is 0 Å². The molecule has 1 aromatic heterocycles. The van der Waals surface area contributed by atoms with Gasteiger partial charge in [-0.3, -0.25) is 10.1 Å². The molecule has 0 spiro atoms. The molecule has 1 heterocycles. The number of hydrogen-bond acceptors (Lipinski definition) is 8. The van der Waals surface area contributed by atoms with Crippen LogP contribution in [-0.2, 0) is 6.18 Å². The molecule has 0 saturated heterocycles. The monoisotopic (exact) mass is 410 g/mol. The van der Waals surface area contributed by atoms with Crippen LogP contribution in [0.25, 0.3) is 10.9 Å². The van der Waals surface area contributed by atoms with E-state index in [1.54, 1.807) is 0 Å². The fraction of sp³-hybridized carbons (Fsp3) is 0.176. The normalized spacial score (nSPS) is 11.3. The lowest BCUT2D eigenvalue weighted by atomic mass is 10.2. The number of aromatic nitrogens is 2. The van der Waals surface area contributed by atoms with Crippen molar-refractivity contribution in [3.8, 4) is 17.2 Å². The molecule has 0 aliphatic heterocycles. The van der Waals surface area contributed by atoms with Gasteiger partial charge in [0.05, 0.1) is 30.3 Å². The molecule has 0 aliphatic rings. The number of ether oxygens (including phenoxy) is 2. The van der Waals surface area contributed by atoms with Crippen molar-refractivity contribution < 1.29 is 32.7 Å². The number of fused-ring (bicyclic) bond motifs is 1. The first kappa shape index (κ1) is 19.9. The van der Waals surface area contributed by atoms with Crippen molar-refractivity contribution in [3.05, 3.63) is 46.3 Å². The number of nitrogens with zero attached hydrogens (tertiary/aromatic N) is 3. The highest BCUT2D eigenvalue weighted by atomic mass is 19.4. The third-order valence-corrected chi connectivity index (χ3v) is 3.90. The summed E-state index contributed by atoms with van der Waals surface area (Å²) in [6.07, 6.45) is -4.86. The summed E-state index contributed by atoms with van der Waals surface area (Å²) in [5.74, 6) is -1.84. The quantitative estimate of drug-likeness (QED) is 0.368. The Morgan fingerprint density at radius 1 is 1.10 bits per heavy atom. The number of nitro benzene ring substituents is 1. The lowest BCUT2D eigenvalue weighted by molar-refractivity contribution is -0.384. The Labute approximate surface area is 160 Å². The van der Waals surface area contributed by atoms with E-state index in [2.05, 4.69) is 15.3 Å². The van der Waals surface area contributed by atoms with Crippen LogP contribution in [0.1, 0.15) is 5.82 Å². The van der Waals surface area contributed by atoms with E-state index < -0.39 is 22.7 Å². The van der Waals surface area contributed by atoms with Gasteiger partial charge in [0.25, 0.3) is 5.69 Å². The summed E-state index contributed by atoms with van der Waals surface area (Å²) < 4.78 is 50.0. The molecule has 2 N–H and O–H groups in total. The third-order valence-electron chi connectivity index (χ3n) is 3.90. The number of nitro groups is 1. The number of phenolic OH excluding ortho intramolecular Hbond substituents is 1. The zero-order valence-electron chi connectivity index (χ0n) is 14.9. The van der Waals surface area contributed by atoms with Gasteiger partial charge in [0.15, 0.2) is 11.5 Å². The second-order valence-corrected chi connectivity index (χ2v) is 5.70. The molecule has 29 heavy (non-hydrogen) atoms. The molecule has 3 rings (SSSR count). The van der Waals surface area contributed by atoms with E-state index in [9.17, 15) is 28.4 Å². The molecule has 0 radical (unpaired) electrons. The predicted molar refractivity (Wildman–Crippen MR) is 95.7 cm³/mol. The molecule has 3 aromatic rings. The Kier molecular flexibility index (Phi) is 5.01. The van der Waals surface area contributed by atoms with Crippen LogP contribution in [0.2, 0.25) is 0 Å². The number of benzene rings is 2. The third kappa shape index (κ3) is 3.90. The molecular formula is C17H13F3N4O5. The van der Waals surface area contributed by atoms with E-state index in [1.165, 1.54) is 26.4 Å². The van der Waals surface area contributed by atoms with Gasteiger partial charge >= 0.3 is 6.18 Å². The highest BCUT2D eigenvalue weighted by Gasteiger charge is 2.36. The molecule has 0 unspecified atom stereocenters. The maximum atomic E-state index is 13.3. The van der Waals surface area contributed by atoms with Crippen LogP contribution in [0.5, 0.6) is 17.2 Å². The zero-order valence-corrected chi connectivity index (χ0v) is 14.9. The first-order valence-electron chi connectivity index (χ1n) is 7.89. The van der Waals surface area contributed by atoms with Crippen molar-refractivity contribution in [2.24, 2.45) is 0 Å². The Morgan fingerprint density at radius 3 is 2.34 bits per heavy atom. The Bertz CT molecular complexity index is 1100. The van der Waals surface area contributed by atoms with Gasteiger partial charge < -0.3 is 19.9 Å². The van der Waals surface area contributed by atoms with Crippen LogP contribution in [0.3, 0.4) is 0 Å². The number of anilines is 2. The largest absolute Gasteiger partial charge is 0.506 e. The standard InChI is InChI=1S/C17H13F3N4O5/c1-28-13-6-9-10(7-14(13)29-2)22-16(17(18,19)20)23-15(9)21-11-5-8(24(26)27)3-4-12(11)25/h3-7,25H,1-2H3,(H,21,22,23). The molecule has 0 aliphatic carbocycles. The van der Waals surface area contributed by atoms with Crippen molar-refractivity contribution >= 4 is 28.1 Å². The molecule has 0 amide bonds. The van der Waals surface area contributed by atoms with Crippen molar-refractivity contribution in [3.63, 3.8) is 0 Å². The molecule has 0 fully saturated rings. The minimum absolute atomic E-state index is 0.113. The number of non-ortho nitro benzene ring substituents is 1. The number of nitrogens with one attached hydrogen (secondary N) is 1. The molecule has 12 heteroatoms. The summed E-state index contributed by atoms with van der Waals surface area (Å²) in [7, 11) is 2.66. The van der Waals surface area contributed by atoms with Gasteiger partial charge in [0.2, 0.25) is 5.82 Å². The predicted octanol–water partition coefficient (Wildman–Crippen LogP) is 4.02. The topological polar surface area (TPSA) is 120 Å². The highest BCUT2D eigenvalue weighted by molar-refractivity contribution is 5.94. The first-order chi connectivity index (χ1) is 13.6. The minimum Gasteiger partial charge on any atom is -0.506 e. The van der Waals surface area contributed by atoms with Crippen molar-refractivity contribution in [2.45, 2.75) is 6.18 Å². The second kappa shape index (κ2) is 7.30. The van der Waals surface area contributed by atoms with Gasteiger partial charge in [0, 0.05) is 23.6 Å².